The summed E-state index contributed by atoms with van der Waals surface area (Å²) in [5.74, 6) is -1.37. The molecule has 2 aromatic carbocycles. The SMILES string of the molecule is CCN(CC)S(=O)(=O)c1ccc(C(=O)N(C(=O)c2ccc(S(=O)(=O)N(CC)CC)cc2)c2ccncc2)cc1. The zero-order valence-corrected chi connectivity index (χ0v) is 23.9. The summed E-state index contributed by atoms with van der Waals surface area (Å²) >= 11 is 0. The van der Waals surface area contributed by atoms with Crippen LogP contribution in [0.1, 0.15) is 48.4 Å². The molecular formula is C27H32N4O6S2. The molecule has 39 heavy (non-hydrogen) atoms. The molecule has 3 aromatic rings. The molecule has 0 bridgehead atoms. The summed E-state index contributed by atoms with van der Waals surface area (Å²) in [7, 11) is -7.44. The highest BCUT2D eigenvalue weighted by molar-refractivity contribution is 7.89. The molecule has 0 radical (unpaired) electrons. The number of carbonyl (C=O) groups excluding carboxylic acids is 2. The second-order valence-corrected chi connectivity index (χ2v) is 12.3. The lowest BCUT2D eigenvalue weighted by molar-refractivity contribution is 0.0897. The van der Waals surface area contributed by atoms with Crippen molar-refractivity contribution in [1.29, 1.82) is 0 Å². The van der Waals surface area contributed by atoms with Gasteiger partial charge in [-0.15, -0.1) is 0 Å². The lowest BCUT2D eigenvalue weighted by atomic mass is 10.1. The lowest BCUT2D eigenvalue weighted by Crippen LogP contribution is -2.37. The number of rotatable bonds is 11. The van der Waals surface area contributed by atoms with Crippen LogP contribution >= 0.6 is 0 Å². The number of anilines is 1. The van der Waals surface area contributed by atoms with Gasteiger partial charge in [0.15, 0.2) is 0 Å². The van der Waals surface area contributed by atoms with Gasteiger partial charge in [-0.2, -0.15) is 8.61 Å². The van der Waals surface area contributed by atoms with Gasteiger partial charge >= 0.3 is 0 Å². The third-order valence-corrected chi connectivity index (χ3v) is 10.3. The molecule has 208 valence electrons. The second kappa shape index (κ2) is 12.6. The molecular weight excluding hydrogens is 540 g/mol. The Hall–Kier alpha value is -3.45. The predicted octanol–water partition coefficient (Wildman–Crippen LogP) is 3.63. The van der Waals surface area contributed by atoms with E-state index in [1.54, 1.807) is 27.7 Å². The van der Waals surface area contributed by atoms with E-state index in [0.29, 0.717) is 26.2 Å². The Morgan fingerprint density at radius 1 is 0.590 bits per heavy atom. The molecule has 0 spiro atoms. The summed E-state index contributed by atoms with van der Waals surface area (Å²) in [6.45, 7) is 8.17. The highest BCUT2D eigenvalue weighted by atomic mass is 32.2. The molecule has 0 aliphatic rings. The van der Waals surface area contributed by atoms with Gasteiger partial charge in [0.25, 0.3) is 11.8 Å². The molecule has 0 aliphatic carbocycles. The minimum absolute atomic E-state index is 0.0366. The summed E-state index contributed by atoms with van der Waals surface area (Å²) in [4.78, 5) is 32.1. The van der Waals surface area contributed by atoms with E-state index >= 15 is 0 Å². The van der Waals surface area contributed by atoms with Crippen molar-refractivity contribution in [2.75, 3.05) is 31.1 Å². The monoisotopic (exact) mass is 572 g/mol. The van der Waals surface area contributed by atoms with Crippen molar-refractivity contribution < 1.29 is 26.4 Å². The molecule has 10 nitrogen and oxygen atoms in total. The third-order valence-electron chi connectivity index (χ3n) is 6.22. The van der Waals surface area contributed by atoms with Crippen LogP contribution < -0.4 is 4.90 Å². The van der Waals surface area contributed by atoms with Crippen LogP contribution in [0.4, 0.5) is 5.69 Å². The van der Waals surface area contributed by atoms with Crippen LogP contribution in [0, 0.1) is 0 Å². The Bertz CT molecular complexity index is 1400. The highest BCUT2D eigenvalue weighted by Gasteiger charge is 2.28. The molecule has 0 unspecified atom stereocenters. The van der Waals surface area contributed by atoms with Crippen LogP contribution in [-0.4, -0.2) is 68.4 Å². The number of pyridine rings is 1. The van der Waals surface area contributed by atoms with E-state index in [1.807, 2.05) is 0 Å². The zero-order chi connectivity index (χ0) is 28.8. The third kappa shape index (κ3) is 6.25. The Balaban J connectivity index is 1.98. The maximum absolute atomic E-state index is 13.6. The molecule has 0 fully saturated rings. The fourth-order valence-electron chi connectivity index (χ4n) is 4.04. The summed E-state index contributed by atoms with van der Waals surface area (Å²) in [6.07, 6.45) is 2.87. The van der Waals surface area contributed by atoms with Crippen molar-refractivity contribution >= 4 is 37.5 Å². The summed E-state index contributed by atoms with van der Waals surface area (Å²) in [5.41, 5.74) is 0.443. The molecule has 1 aromatic heterocycles. The molecule has 1 heterocycles. The summed E-state index contributed by atoms with van der Waals surface area (Å²) < 4.78 is 53.9. The van der Waals surface area contributed by atoms with E-state index in [4.69, 9.17) is 0 Å². The minimum Gasteiger partial charge on any atom is -0.268 e. The predicted molar refractivity (Wildman–Crippen MR) is 148 cm³/mol. The molecule has 0 saturated carbocycles. The van der Waals surface area contributed by atoms with Gasteiger partial charge in [-0.25, -0.2) is 21.7 Å². The van der Waals surface area contributed by atoms with E-state index in [0.717, 1.165) is 4.90 Å². The van der Waals surface area contributed by atoms with Crippen LogP contribution in [0.5, 0.6) is 0 Å². The van der Waals surface area contributed by atoms with E-state index in [-0.39, 0.29) is 26.6 Å². The molecule has 3 rings (SSSR count). The van der Waals surface area contributed by atoms with Crippen molar-refractivity contribution in [1.82, 2.24) is 13.6 Å². The molecule has 0 aliphatic heterocycles. The van der Waals surface area contributed by atoms with Gasteiger partial charge in [0.2, 0.25) is 20.0 Å². The van der Waals surface area contributed by atoms with Crippen molar-refractivity contribution in [2.45, 2.75) is 37.5 Å². The Morgan fingerprint density at radius 2 is 0.923 bits per heavy atom. The number of carbonyl (C=O) groups is 2. The zero-order valence-electron chi connectivity index (χ0n) is 22.3. The van der Waals surface area contributed by atoms with Crippen molar-refractivity contribution in [2.24, 2.45) is 0 Å². The number of aromatic nitrogens is 1. The fraction of sp³-hybridized carbons (Fsp3) is 0.296. The number of imide groups is 1. The number of hydrogen-bond acceptors (Lipinski definition) is 7. The van der Waals surface area contributed by atoms with Crippen LogP contribution in [0.3, 0.4) is 0 Å². The van der Waals surface area contributed by atoms with Crippen molar-refractivity contribution in [3.05, 3.63) is 84.2 Å². The molecule has 0 atom stereocenters. The van der Waals surface area contributed by atoms with Gasteiger partial charge in [0, 0.05) is 49.7 Å². The topological polar surface area (TPSA) is 125 Å². The number of sulfonamides is 2. The Morgan fingerprint density at radius 3 is 1.23 bits per heavy atom. The highest BCUT2D eigenvalue weighted by Crippen LogP contribution is 2.23. The van der Waals surface area contributed by atoms with E-state index in [2.05, 4.69) is 4.98 Å². The summed E-state index contributed by atoms with van der Waals surface area (Å²) in [6, 6.07) is 13.8. The average Bonchev–Trinajstić information content (AvgIpc) is 2.95. The normalized spacial score (nSPS) is 12.1. The first-order valence-electron chi connectivity index (χ1n) is 12.5. The molecule has 12 heteroatoms. The van der Waals surface area contributed by atoms with Gasteiger partial charge in [0.1, 0.15) is 0 Å². The lowest BCUT2D eigenvalue weighted by Gasteiger charge is -2.22. The fourth-order valence-corrected chi connectivity index (χ4v) is 6.96. The smallest absolute Gasteiger partial charge is 0.265 e. The first-order valence-corrected chi connectivity index (χ1v) is 15.4. The second-order valence-electron chi connectivity index (χ2n) is 8.38. The Kier molecular flexibility index (Phi) is 9.73. The molecule has 0 N–H and O–H groups in total. The van der Waals surface area contributed by atoms with E-state index in [1.165, 1.54) is 81.7 Å². The molecule has 0 saturated heterocycles. The van der Waals surface area contributed by atoms with Crippen molar-refractivity contribution in [3.63, 3.8) is 0 Å². The van der Waals surface area contributed by atoms with Crippen molar-refractivity contribution in [3.8, 4) is 0 Å². The van der Waals surface area contributed by atoms with E-state index in [9.17, 15) is 26.4 Å². The largest absolute Gasteiger partial charge is 0.268 e. The molecule has 2 amide bonds. The van der Waals surface area contributed by atoms with Crippen LogP contribution in [0.25, 0.3) is 0 Å². The van der Waals surface area contributed by atoms with Gasteiger partial charge in [0.05, 0.1) is 15.5 Å². The number of benzene rings is 2. The van der Waals surface area contributed by atoms with Gasteiger partial charge in [-0.1, -0.05) is 27.7 Å². The van der Waals surface area contributed by atoms with Gasteiger partial charge < -0.3 is 0 Å². The number of amides is 2. The van der Waals surface area contributed by atoms with Crippen LogP contribution in [0.2, 0.25) is 0 Å². The number of nitrogens with zero attached hydrogens (tertiary/aromatic N) is 4. The maximum Gasteiger partial charge on any atom is 0.265 e. The van der Waals surface area contributed by atoms with Gasteiger partial charge in [-0.3, -0.25) is 14.6 Å². The maximum atomic E-state index is 13.6. The Labute approximate surface area is 230 Å². The first kappa shape index (κ1) is 30.1. The van der Waals surface area contributed by atoms with Gasteiger partial charge in [-0.05, 0) is 60.7 Å². The average molecular weight is 573 g/mol. The number of hydrogen-bond donors (Lipinski definition) is 0. The van der Waals surface area contributed by atoms with Crippen LogP contribution in [-0.2, 0) is 20.0 Å². The minimum atomic E-state index is -3.72. The first-order chi connectivity index (χ1) is 18.5. The standard InChI is InChI=1S/C27H32N4O6S2/c1-5-29(6-2)38(34,35)24-13-9-21(10-14-24)26(32)31(23-17-19-28-20-18-23)27(33)22-11-15-25(16-12-22)39(36,37)30(7-3)8-4/h9-20H,5-8H2,1-4H3. The van der Waals surface area contributed by atoms with Crippen LogP contribution in [0.15, 0.2) is 82.8 Å². The summed E-state index contributed by atoms with van der Waals surface area (Å²) in [5, 5.41) is 0. The van der Waals surface area contributed by atoms with E-state index < -0.39 is 31.9 Å². The quantitative estimate of drug-likeness (QED) is 0.321.